The van der Waals surface area contributed by atoms with Crippen LogP contribution in [0.15, 0.2) is 24.3 Å². The van der Waals surface area contributed by atoms with E-state index in [0.29, 0.717) is 32.0 Å². The second-order valence-corrected chi connectivity index (χ2v) is 5.31. The molecule has 0 aliphatic heterocycles. The molecule has 1 N–H and O–H groups in total. The molecule has 110 valence electrons. The molecule has 1 fully saturated rings. The van der Waals surface area contributed by atoms with Crippen LogP contribution in [0, 0.1) is 6.92 Å². The lowest BCUT2D eigenvalue weighted by molar-refractivity contribution is -0.132. The average Bonchev–Trinajstić information content (AvgIpc) is 3.27. The van der Waals surface area contributed by atoms with Gasteiger partial charge in [0.15, 0.2) is 0 Å². The summed E-state index contributed by atoms with van der Waals surface area (Å²) in [5.74, 6) is 0.978. The Bertz CT molecular complexity index is 426. The Kier molecular flexibility index (Phi) is 5.41. The number of hydrogen-bond donors (Lipinski definition) is 1. The van der Waals surface area contributed by atoms with E-state index in [9.17, 15) is 4.79 Å². The minimum atomic E-state index is 0.0438. The second-order valence-electron chi connectivity index (χ2n) is 5.31. The number of nitrogens with zero attached hydrogens (tertiary/aromatic N) is 1. The van der Waals surface area contributed by atoms with E-state index < -0.39 is 0 Å². The minimum absolute atomic E-state index is 0.0438. The lowest BCUT2D eigenvalue weighted by atomic mass is 10.2. The largest absolute Gasteiger partial charge is 0.494 e. The van der Waals surface area contributed by atoms with Crippen molar-refractivity contribution in [3.8, 4) is 5.75 Å². The van der Waals surface area contributed by atoms with Gasteiger partial charge in [0.05, 0.1) is 13.2 Å². The number of aliphatic hydroxyl groups is 1. The van der Waals surface area contributed by atoms with Crippen LogP contribution in [0.2, 0.25) is 0 Å². The minimum Gasteiger partial charge on any atom is -0.494 e. The number of aliphatic hydroxyl groups excluding tert-OH is 1. The van der Waals surface area contributed by atoms with Crippen LogP contribution in [-0.4, -0.2) is 41.7 Å². The first-order valence-electron chi connectivity index (χ1n) is 7.30. The van der Waals surface area contributed by atoms with Crippen LogP contribution in [0.5, 0.6) is 5.75 Å². The third kappa shape index (κ3) is 4.53. The number of benzene rings is 1. The summed E-state index contributed by atoms with van der Waals surface area (Å²) in [5.41, 5.74) is 1.21. The van der Waals surface area contributed by atoms with Crippen LogP contribution in [-0.2, 0) is 4.79 Å². The summed E-state index contributed by atoms with van der Waals surface area (Å²) in [6, 6.07) is 8.28. The van der Waals surface area contributed by atoms with Crippen molar-refractivity contribution in [3.05, 3.63) is 29.8 Å². The normalized spacial score (nSPS) is 14.1. The highest BCUT2D eigenvalue weighted by molar-refractivity contribution is 5.76. The van der Waals surface area contributed by atoms with Gasteiger partial charge in [0, 0.05) is 19.0 Å². The fraction of sp³-hybridized carbons (Fsp3) is 0.562. The topological polar surface area (TPSA) is 49.8 Å². The molecule has 0 radical (unpaired) electrons. The molecule has 0 aromatic heterocycles. The van der Waals surface area contributed by atoms with Crippen molar-refractivity contribution in [2.75, 3.05) is 19.8 Å². The highest BCUT2D eigenvalue weighted by atomic mass is 16.5. The SMILES string of the molecule is Cc1ccc(OCCCC(=O)N(CCO)C2CC2)cc1. The van der Waals surface area contributed by atoms with E-state index in [1.807, 2.05) is 36.1 Å². The van der Waals surface area contributed by atoms with Crippen LogP contribution in [0.25, 0.3) is 0 Å². The van der Waals surface area contributed by atoms with Gasteiger partial charge in [-0.25, -0.2) is 0 Å². The lowest BCUT2D eigenvalue weighted by Crippen LogP contribution is -2.35. The molecule has 0 heterocycles. The van der Waals surface area contributed by atoms with Gasteiger partial charge in [-0.3, -0.25) is 4.79 Å². The Morgan fingerprint density at radius 3 is 2.65 bits per heavy atom. The number of carbonyl (C=O) groups excluding carboxylic acids is 1. The summed E-state index contributed by atoms with van der Waals surface area (Å²) < 4.78 is 5.61. The molecule has 0 atom stereocenters. The van der Waals surface area contributed by atoms with Gasteiger partial charge < -0.3 is 14.7 Å². The molecule has 4 heteroatoms. The zero-order valence-electron chi connectivity index (χ0n) is 12.0. The maximum Gasteiger partial charge on any atom is 0.223 e. The van der Waals surface area contributed by atoms with Crippen molar-refractivity contribution in [1.82, 2.24) is 4.90 Å². The highest BCUT2D eigenvalue weighted by Crippen LogP contribution is 2.27. The molecule has 4 nitrogen and oxygen atoms in total. The molecule has 20 heavy (non-hydrogen) atoms. The first-order valence-corrected chi connectivity index (χ1v) is 7.30. The molecule has 0 spiro atoms. The van der Waals surface area contributed by atoms with E-state index in [1.165, 1.54) is 5.56 Å². The molecule has 1 aromatic carbocycles. The fourth-order valence-corrected chi connectivity index (χ4v) is 2.20. The second kappa shape index (κ2) is 7.29. The van der Waals surface area contributed by atoms with Crippen molar-refractivity contribution < 1.29 is 14.6 Å². The summed E-state index contributed by atoms with van der Waals surface area (Å²) in [7, 11) is 0. The molecule has 2 rings (SSSR count). The average molecular weight is 277 g/mol. The van der Waals surface area contributed by atoms with E-state index in [2.05, 4.69) is 0 Å². The summed E-state index contributed by atoms with van der Waals surface area (Å²) >= 11 is 0. The predicted molar refractivity (Wildman–Crippen MR) is 77.7 cm³/mol. The van der Waals surface area contributed by atoms with Crippen LogP contribution in [0.3, 0.4) is 0 Å². The van der Waals surface area contributed by atoms with Gasteiger partial charge in [0.25, 0.3) is 0 Å². The molecule has 1 aromatic rings. The molecular weight excluding hydrogens is 254 g/mol. The number of carbonyl (C=O) groups is 1. The van der Waals surface area contributed by atoms with E-state index in [0.717, 1.165) is 18.6 Å². The summed E-state index contributed by atoms with van der Waals surface area (Å²) in [5, 5.41) is 8.99. The van der Waals surface area contributed by atoms with Crippen LogP contribution >= 0.6 is 0 Å². The Balaban J connectivity index is 1.67. The van der Waals surface area contributed by atoms with E-state index in [-0.39, 0.29) is 12.5 Å². The fourth-order valence-electron chi connectivity index (χ4n) is 2.20. The smallest absolute Gasteiger partial charge is 0.223 e. The third-order valence-corrected chi connectivity index (χ3v) is 3.47. The lowest BCUT2D eigenvalue weighted by Gasteiger charge is -2.21. The Morgan fingerprint density at radius 1 is 1.35 bits per heavy atom. The standard InChI is InChI=1S/C16H23NO3/c1-13-4-8-15(9-5-13)20-12-2-3-16(19)17(10-11-18)14-6-7-14/h4-5,8-9,14,18H,2-3,6-7,10-12H2,1H3. The quantitative estimate of drug-likeness (QED) is 0.741. The Labute approximate surface area is 120 Å². The van der Waals surface area contributed by atoms with E-state index >= 15 is 0 Å². The van der Waals surface area contributed by atoms with Gasteiger partial charge in [-0.1, -0.05) is 17.7 Å². The first kappa shape index (κ1) is 14.9. The van der Waals surface area contributed by atoms with Crippen molar-refractivity contribution in [2.24, 2.45) is 0 Å². The zero-order valence-corrected chi connectivity index (χ0v) is 12.0. The zero-order chi connectivity index (χ0) is 14.4. The highest BCUT2D eigenvalue weighted by Gasteiger charge is 2.31. The molecule has 0 saturated heterocycles. The van der Waals surface area contributed by atoms with E-state index in [1.54, 1.807) is 0 Å². The first-order chi connectivity index (χ1) is 9.70. The molecular formula is C16H23NO3. The summed E-state index contributed by atoms with van der Waals surface area (Å²) in [6.07, 6.45) is 3.35. The van der Waals surface area contributed by atoms with Gasteiger partial charge in [-0.2, -0.15) is 0 Å². The molecule has 1 amide bonds. The van der Waals surface area contributed by atoms with Crippen molar-refractivity contribution in [2.45, 2.75) is 38.6 Å². The van der Waals surface area contributed by atoms with Gasteiger partial charge in [0.2, 0.25) is 5.91 Å². The number of rotatable bonds is 8. The van der Waals surface area contributed by atoms with Gasteiger partial charge in [-0.15, -0.1) is 0 Å². The third-order valence-electron chi connectivity index (χ3n) is 3.47. The van der Waals surface area contributed by atoms with Crippen LogP contribution in [0.4, 0.5) is 0 Å². The predicted octanol–water partition coefficient (Wildman–Crippen LogP) is 2.14. The number of aryl methyl sites for hydroxylation is 1. The van der Waals surface area contributed by atoms with E-state index in [4.69, 9.17) is 9.84 Å². The molecule has 1 aliphatic rings. The monoisotopic (exact) mass is 277 g/mol. The Hall–Kier alpha value is -1.55. The van der Waals surface area contributed by atoms with Crippen molar-refractivity contribution >= 4 is 5.91 Å². The van der Waals surface area contributed by atoms with Gasteiger partial charge in [-0.05, 0) is 38.3 Å². The van der Waals surface area contributed by atoms with Gasteiger partial charge >= 0.3 is 0 Å². The number of hydrogen-bond acceptors (Lipinski definition) is 3. The molecule has 1 saturated carbocycles. The molecule has 1 aliphatic carbocycles. The molecule has 0 bridgehead atoms. The summed E-state index contributed by atoms with van der Waals surface area (Å²) in [6.45, 7) is 3.09. The van der Waals surface area contributed by atoms with Crippen LogP contribution < -0.4 is 4.74 Å². The Morgan fingerprint density at radius 2 is 2.05 bits per heavy atom. The maximum atomic E-state index is 12.0. The number of ether oxygens (including phenoxy) is 1. The van der Waals surface area contributed by atoms with Crippen LogP contribution in [0.1, 0.15) is 31.2 Å². The number of amides is 1. The maximum absolute atomic E-state index is 12.0. The van der Waals surface area contributed by atoms with Crippen molar-refractivity contribution in [3.63, 3.8) is 0 Å². The van der Waals surface area contributed by atoms with Gasteiger partial charge in [0.1, 0.15) is 5.75 Å². The van der Waals surface area contributed by atoms with Crippen molar-refractivity contribution in [1.29, 1.82) is 0 Å². The summed E-state index contributed by atoms with van der Waals surface area (Å²) in [4.78, 5) is 13.8. The molecule has 0 unspecified atom stereocenters.